The molecule has 0 amide bonds. The summed E-state index contributed by atoms with van der Waals surface area (Å²) < 4.78 is 4.95. The average molecular weight is 126 g/mol. The van der Waals surface area contributed by atoms with E-state index in [0.29, 0.717) is 0 Å². The van der Waals surface area contributed by atoms with Crippen LogP contribution < -0.4 is 0 Å². The molecule has 2 nitrogen and oxygen atoms in total. The number of methoxy groups -OCH3 is 1. The first kappa shape index (κ1) is 6.52. The van der Waals surface area contributed by atoms with Crippen LogP contribution in [0.3, 0.4) is 0 Å². The van der Waals surface area contributed by atoms with Crippen molar-refractivity contribution in [1.82, 2.24) is 0 Å². The van der Waals surface area contributed by atoms with Crippen molar-refractivity contribution in [2.24, 2.45) is 0 Å². The van der Waals surface area contributed by atoms with E-state index in [4.69, 9.17) is 9.84 Å². The fraction of sp³-hybridized carbons (Fsp3) is 0.429. The second-order valence-corrected chi connectivity index (χ2v) is 1.96. The van der Waals surface area contributed by atoms with E-state index in [1.54, 1.807) is 19.3 Å². The molecule has 0 spiro atoms. The highest BCUT2D eigenvalue weighted by Crippen LogP contribution is 2.04. The van der Waals surface area contributed by atoms with Gasteiger partial charge in [0, 0.05) is 7.11 Å². The molecule has 0 aromatic carbocycles. The Morgan fingerprint density at radius 1 is 1.22 bits per heavy atom. The number of hydrogen-bond acceptors (Lipinski definition) is 2. The number of aliphatic hydroxyl groups excluding tert-OH is 1. The Morgan fingerprint density at radius 3 is 2.22 bits per heavy atom. The van der Waals surface area contributed by atoms with Crippen molar-refractivity contribution < 1.29 is 9.84 Å². The fourth-order valence-corrected chi connectivity index (χ4v) is 0.732. The van der Waals surface area contributed by atoms with Crippen LogP contribution in [0.2, 0.25) is 0 Å². The zero-order chi connectivity index (χ0) is 6.69. The second-order valence-electron chi connectivity index (χ2n) is 1.96. The number of aliphatic hydroxyl groups is 1. The molecule has 1 aliphatic rings. The summed E-state index contributed by atoms with van der Waals surface area (Å²) in [7, 11) is 1.64. The second kappa shape index (κ2) is 2.80. The van der Waals surface area contributed by atoms with Crippen molar-refractivity contribution in [2.75, 3.05) is 7.11 Å². The maximum Gasteiger partial charge on any atom is 0.0935 e. The third-order valence-electron chi connectivity index (χ3n) is 1.27. The van der Waals surface area contributed by atoms with Crippen LogP contribution in [0.5, 0.6) is 0 Å². The van der Waals surface area contributed by atoms with Gasteiger partial charge in [-0.25, -0.2) is 0 Å². The van der Waals surface area contributed by atoms with E-state index in [-0.39, 0.29) is 6.10 Å². The first-order chi connectivity index (χ1) is 4.33. The molecule has 0 fully saturated rings. The van der Waals surface area contributed by atoms with Crippen LogP contribution in [0.4, 0.5) is 0 Å². The molecule has 0 bridgehead atoms. The molecule has 0 heterocycles. The summed E-state index contributed by atoms with van der Waals surface area (Å²) in [6, 6.07) is 0. The van der Waals surface area contributed by atoms with Gasteiger partial charge in [-0.15, -0.1) is 0 Å². The van der Waals surface area contributed by atoms with Crippen molar-refractivity contribution in [2.45, 2.75) is 12.2 Å². The highest BCUT2D eigenvalue weighted by molar-refractivity contribution is 5.15. The van der Waals surface area contributed by atoms with Gasteiger partial charge in [0.05, 0.1) is 12.2 Å². The predicted octanol–water partition coefficient (Wildman–Crippen LogP) is 0.488. The zero-order valence-corrected chi connectivity index (χ0v) is 5.32. The van der Waals surface area contributed by atoms with E-state index in [1.165, 1.54) is 0 Å². The van der Waals surface area contributed by atoms with E-state index in [1.807, 2.05) is 12.2 Å². The Hall–Kier alpha value is -0.600. The van der Waals surface area contributed by atoms with Gasteiger partial charge in [-0.3, -0.25) is 0 Å². The van der Waals surface area contributed by atoms with E-state index < -0.39 is 6.10 Å². The lowest BCUT2D eigenvalue weighted by molar-refractivity contribution is 0.170. The number of rotatable bonds is 1. The summed E-state index contributed by atoms with van der Waals surface area (Å²) >= 11 is 0. The molecular weight excluding hydrogens is 116 g/mol. The highest BCUT2D eigenvalue weighted by Gasteiger charge is 2.03. The summed E-state index contributed by atoms with van der Waals surface area (Å²) in [6.07, 6.45) is 6.68. The molecule has 0 aromatic rings. The largest absolute Gasteiger partial charge is 0.385 e. The van der Waals surface area contributed by atoms with Crippen LogP contribution in [-0.2, 0) is 4.74 Å². The molecular formula is C7H10O2. The summed E-state index contributed by atoms with van der Waals surface area (Å²) in [5, 5.41) is 8.89. The Balaban J connectivity index is 2.48. The summed E-state index contributed by atoms with van der Waals surface area (Å²) in [4.78, 5) is 0. The molecule has 1 aliphatic carbocycles. The zero-order valence-electron chi connectivity index (χ0n) is 5.32. The molecule has 0 aliphatic heterocycles. The molecule has 50 valence electrons. The quantitative estimate of drug-likeness (QED) is 0.518. The van der Waals surface area contributed by atoms with Gasteiger partial charge in [0.1, 0.15) is 0 Å². The maximum absolute atomic E-state index is 8.89. The molecule has 9 heavy (non-hydrogen) atoms. The third kappa shape index (κ3) is 1.66. The van der Waals surface area contributed by atoms with Crippen molar-refractivity contribution in [3.05, 3.63) is 24.3 Å². The molecule has 0 radical (unpaired) electrons. The van der Waals surface area contributed by atoms with Gasteiger partial charge in [-0.1, -0.05) is 24.3 Å². The van der Waals surface area contributed by atoms with Gasteiger partial charge < -0.3 is 9.84 Å². The van der Waals surface area contributed by atoms with Gasteiger partial charge in [-0.05, 0) is 0 Å². The van der Waals surface area contributed by atoms with Crippen molar-refractivity contribution >= 4 is 0 Å². The minimum atomic E-state index is -0.420. The highest BCUT2D eigenvalue weighted by atomic mass is 16.5. The van der Waals surface area contributed by atoms with Crippen LogP contribution in [0.25, 0.3) is 0 Å². The SMILES string of the molecule is COC1C=CC(O)C=C1. The molecule has 0 atom stereocenters. The van der Waals surface area contributed by atoms with E-state index in [0.717, 1.165) is 0 Å². The Bertz CT molecular complexity index is 124. The molecule has 1 rings (SSSR count). The van der Waals surface area contributed by atoms with Gasteiger partial charge in [0.15, 0.2) is 0 Å². The average Bonchev–Trinajstić information content (AvgIpc) is 1.90. The molecule has 0 saturated carbocycles. The normalized spacial score (nSPS) is 33.1. The Morgan fingerprint density at radius 2 is 1.78 bits per heavy atom. The first-order valence-electron chi connectivity index (χ1n) is 2.90. The molecule has 0 aromatic heterocycles. The Kier molecular flexibility index (Phi) is 2.03. The number of ether oxygens (including phenoxy) is 1. The van der Waals surface area contributed by atoms with Crippen LogP contribution in [0.15, 0.2) is 24.3 Å². The van der Waals surface area contributed by atoms with Crippen molar-refractivity contribution in [1.29, 1.82) is 0 Å². The lowest BCUT2D eigenvalue weighted by atomic mass is 10.1. The van der Waals surface area contributed by atoms with Gasteiger partial charge in [-0.2, -0.15) is 0 Å². The summed E-state index contributed by atoms with van der Waals surface area (Å²) in [5.74, 6) is 0. The molecule has 2 heteroatoms. The van der Waals surface area contributed by atoms with E-state index in [9.17, 15) is 0 Å². The summed E-state index contributed by atoms with van der Waals surface area (Å²) in [5.41, 5.74) is 0. The summed E-state index contributed by atoms with van der Waals surface area (Å²) in [6.45, 7) is 0. The van der Waals surface area contributed by atoms with Gasteiger partial charge in [0.2, 0.25) is 0 Å². The van der Waals surface area contributed by atoms with E-state index >= 15 is 0 Å². The van der Waals surface area contributed by atoms with Gasteiger partial charge in [0.25, 0.3) is 0 Å². The molecule has 0 unspecified atom stereocenters. The van der Waals surface area contributed by atoms with Crippen LogP contribution in [0, 0.1) is 0 Å². The van der Waals surface area contributed by atoms with Crippen LogP contribution >= 0.6 is 0 Å². The lowest BCUT2D eigenvalue weighted by Gasteiger charge is -2.10. The molecule has 1 N–H and O–H groups in total. The maximum atomic E-state index is 8.89. The van der Waals surface area contributed by atoms with Crippen LogP contribution in [0.1, 0.15) is 0 Å². The first-order valence-corrected chi connectivity index (χ1v) is 2.90. The standard InChI is InChI=1S/C7H10O2/c1-9-7-4-2-6(8)3-5-7/h2-8H,1H3. The lowest BCUT2D eigenvalue weighted by Crippen LogP contribution is -2.10. The van der Waals surface area contributed by atoms with Crippen molar-refractivity contribution in [3.8, 4) is 0 Å². The monoisotopic (exact) mass is 126 g/mol. The number of hydrogen-bond donors (Lipinski definition) is 1. The minimum Gasteiger partial charge on any atom is -0.385 e. The van der Waals surface area contributed by atoms with E-state index in [2.05, 4.69) is 0 Å². The molecule has 0 saturated heterocycles. The Labute approximate surface area is 54.5 Å². The van der Waals surface area contributed by atoms with Gasteiger partial charge >= 0.3 is 0 Å². The topological polar surface area (TPSA) is 29.5 Å². The predicted molar refractivity (Wildman–Crippen MR) is 35.1 cm³/mol. The smallest absolute Gasteiger partial charge is 0.0935 e. The fourth-order valence-electron chi connectivity index (χ4n) is 0.732. The van der Waals surface area contributed by atoms with Crippen LogP contribution in [-0.4, -0.2) is 24.4 Å². The van der Waals surface area contributed by atoms with Crippen molar-refractivity contribution in [3.63, 3.8) is 0 Å². The minimum absolute atomic E-state index is 0.0494. The third-order valence-corrected chi connectivity index (χ3v) is 1.27.